The first-order valence-corrected chi connectivity index (χ1v) is 12.3. The molecule has 2 aliphatic heterocycles. The fourth-order valence-electron chi connectivity index (χ4n) is 4.07. The van der Waals surface area contributed by atoms with Gasteiger partial charge in [-0.25, -0.2) is 8.42 Å². The van der Waals surface area contributed by atoms with E-state index in [1.165, 1.54) is 9.87 Å². The Kier molecular flexibility index (Phi) is 6.85. The van der Waals surface area contributed by atoms with Crippen molar-refractivity contribution in [3.05, 3.63) is 71.8 Å². The number of nitrogens with zero attached hydrogens (tertiary/aromatic N) is 3. The van der Waals surface area contributed by atoms with Crippen LogP contribution in [0, 0.1) is 0 Å². The second-order valence-electron chi connectivity index (χ2n) is 8.04. The minimum absolute atomic E-state index is 0.0374. The van der Waals surface area contributed by atoms with Gasteiger partial charge in [0.1, 0.15) is 0 Å². The second-order valence-corrected chi connectivity index (χ2v) is 9.98. The van der Waals surface area contributed by atoms with E-state index in [1.807, 2.05) is 23.1 Å². The van der Waals surface area contributed by atoms with Crippen molar-refractivity contribution >= 4 is 22.0 Å². The van der Waals surface area contributed by atoms with E-state index in [0.717, 1.165) is 32.5 Å². The molecule has 0 spiro atoms. The maximum Gasteiger partial charge on any atom is 0.253 e. The Hall–Kier alpha value is -2.48. The van der Waals surface area contributed by atoms with Crippen molar-refractivity contribution in [2.45, 2.75) is 17.7 Å². The summed E-state index contributed by atoms with van der Waals surface area (Å²) in [5.41, 5.74) is 1.73. The molecule has 6 nitrogen and oxygen atoms in total. The number of carbonyl (C=O) groups is 1. The van der Waals surface area contributed by atoms with Crippen LogP contribution in [-0.2, 0) is 10.0 Å². The van der Waals surface area contributed by atoms with Gasteiger partial charge in [0, 0.05) is 51.4 Å². The van der Waals surface area contributed by atoms with Crippen LogP contribution in [0.15, 0.2) is 65.6 Å². The smallest absolute Gasteiger partial charge is 0.253 e. The average molecular weight is 440 g/mol. The summed E-state index contributed by atoms with van der Waals surface area (Å²) in [5.74, 6) is -0.0374. The number of benzene rings is 2. The summed E-state index contributed by atoms with van der Waals surface area (Å²) in [6.07, 6.45) is 6.09. The number of sulfonamides is 1. The lowest BCUT2D eigenvalue weighted by Gasteiger charge is -2.34. The average Bonchev–Trinajstić information content (AvgIpc) is 3.36. The molecule has 0 aromatic heterocycles. The summed E-state index contributed by atoms with van der Waals surface area (Å²) in [6, 6.07) is 16.6. The van der Waals surface area contributed by atoms with Crippen LogP contribution in [0.25, 0.3) is 6.08 Å². The fourth-order valence-corrected chi connectivity index (χ4v) is 5.58. The third kappa shape index (κ3) is 5.23. The Morgan fingerprint density at radius 3 is 2.13 bits per heavy atom. The highest BCUT2D eigenvalue weighted by atomic mass is 32.2. The van der Waals surface area contributed by atoms with Crippen LogP contribution in [0.2, 0.25) is 0 Å². The highest BCUT2D eigenvalue weighted by Gasteiger charge is 2.28. The minimum Gasteiger partial charge on any atom is -0.336 e. The van der Waals surface area contributed by atoms with Gasteiger partial charge in [-0.3, -0.25) is 9.69 Å². The van der Waals surface area contributed by atoms with Crippen LogP contribution in [-0.4, -0.2) is 74.2 Å². The number of piperazine rings is 1. The summed E-state index contributed by atoms with van der Waals surface area (Å²) in [6.45, 7) is 5.01. The van der Waals surface area contributed by atoms with E-state index in [9.17, 15) is 13.2 Å². The maximum absolute atomic E-state index is 12.9. The molecule has 0 radical (unpaired) electrons. The first-order valence-electron chi connectivity index (χ1n) is 10.9. The van der Waals surface area contributed by atoms with E-state index in [0.29, 0.717) is 31.7 Å². The van der Waals surface area contributed by atoms with Gasteiger partial charge in [0.25, 0.3) is 5.91 Å². The van der Waals surface area contributed by atoms with E-state index in [1.54, 1.807) is 24.3 Å². The number of amides is 1. The third-order valence-electron chi connectivity index (χ3n) is 5.94. The highest BCUT2D eigenvalue weighted by molar-refractivity contribution is 7.89. The molecule has 31 heavy (non-hydrogen) atoms. The zero-order chi connectivity index (χ0) is 21.7. The fraction of sp³-hybridized carbons (Fsp3) is 0.375. The molecule has 0 aliphatic carbocycles. The topological polar surface area (TPSA) is 60.9 Å². The Labute approximate surface area is 184 Å². The van der Waals surface area contributed by atoms with E-state index in [-0.39, 0.29) is 10.8 Å². The molecule has 2 heterocycles. The Morgan fingerprint density at radius 1 is 0.839 bits per heavy atom. The maximum atomic E-state index is 12.9. The zero-order valence-electron chi connectivity index (χ0n) is 17.7. The number of carbonyl (C=O) groups excluding carboxylic acids is 1. The Balaban J connectivity index is 1.30. The third-order valence-corrected chi connectivity index (χ3v) is 7.85. The number of rotatable bonds is 6. The van der Waals surface area contributed by atoms with E-state index >= 15 is 0 Å². The van der Waals surface area contributed by atoms with Crippen LogP contribution >= 0.6 is 0 Å². The number of hydrogen-bond acceptors (Lipinski definition) is 4. The van der Waals surface area contributed by atoms with Gasteiger partial charge in [-0.2, -0.15) is 4.31 Å². The van der Waals surface area contributed by atoms with Crippen molar-refractivity contribution in [3.63, 3.8) is 0 Å². The minimum atomic E-state index is -3.45. The van der Waals surface area contributed by atoms with Gasteiger partial charge >= 0.3 is 0 Å². The summed E-state index contributed by atoms with van der Waals surface area (Å²) in [4.78, 5) is 17.3. The lowest BCUT2D eigenvalue weighted by atomic mass is 10.2. The predicted octanol–water partition coefficient (Wildman–Crippen LogP) is 2.94. The van der Waals surface area contributed by atoms with Crippen molar-refractivity contribution in [3.8, 4) is 0 Å². The van der Waals surface area contributed by atoms with Gasteiger partial charge in [-0.1, -0.05) is 42.5 Å². The second kappa shape index (κ2) is 9.77. The summed E-state index contributed by atoms with van der Waals surface area (Å²) < 4.78 is 26.8. The molecule has 0 atom stereocenters. The van der Waals surface area contributed by atoms with Gasteiger partial charge in [0.15, 0.2) is 0 Å². The van der Waals surface area contributed by atoms with E-state index < -0.39 is 10.0 Å². The zero-order valence-corrected chi connectivity index (χ0v) is 18.5. The van der Waals surface area contributed by atoms with E-state index in [4.69, 9.17) is 0 Å². The largest absolute Gasteiger partial charge is 0.336 e. The molecule has 2 fully saturated rings. The van der Waals surface area contributed by atoms with Crippen LogP contribution in [0.3, 0.4) is 0 Å². The molecule has 1 amide bonds. The molecule has 0 bridgehead atoms. The summed E-state index contributed by atoms with van der Waals surface area (Å²) in [5, 5.41) is 0. The quantitative estimate of drug-likeness (QED) is 0.694. The van der Waals surface area contributed by atoms with Gasteiger partial charge in [0.2, 0.25) is 10.0 Å². The normalized spacial score (nSPS) is 18.6. The lowest BCUT2D eigenvalue weighted by Crippen LogP contribution is -2.48. The molecule has 0 N–H and O–H groups in total. The molecule has 164 valence electrons. The number of hydrogen-bond donors (Lipinski definition) is 0. The van der Waals surface area contributed by atoms with Crippen molar-refractivity contribution in [1.29, 1.82) is 0 Å². The van der Waals surface area contributed by atoms with Crippen molar-refractivity contribution < 1.29 is 13.2 Å². The van der Waals surface area contributed by atoms with Crippen molar-refractivity contribution in [1.82, 2.24) is 14.1 Å². The molecule has 7 heteroatoms. The van der Waals surface area contributed by atoms with Crippen molar-refractivity contribution in [2.75, 3.05) is 45.8 Å². The van der Waals surface area contributed by atoms with E-state index in [2.05, 4.69) is 29.2 Å². The van der Waals surface area contributed by atoms with Crippen LogP contribution in [0.5, 0.6) is 0 Å². The molecule has 4 rings (SSSR count). The molecule has 0 saturated carbocycles. The molecule has 2 aromatic rings. The van der Waals surface area contributed by atoms with Gasteiger partial charge < -0.3 is 4.90 Å². The summed E-state index contributed by atoms with van der Waals surface area (Å²) in [7, 11) is -3.45. The molecule has 2 aromatic carbocycles. The SMILES string of the molecule is O=C(c1ccc(S(=O)(=O)N2CCCC2)cc1)N1CCN(CC=Cc2ccccc2)CC1. The van der Waals surface area contributed by atoms with Crippen LogP contribution in [0.4, 0.5) is 0 Å². The molecular formula is C24H29N3O3S. The Bertz CT molecular complexity index is 1010. The molecule has 0 unspecified atom stereocenters. The van der Waals surface area contributed by atoms with Crippen LogP contribution < -0.4 is 0 Å². The van der Waals surface area contributed by atoms with Gasteiger partial charge in [-0.05, 0) is 42.7 Å². The highest BCUT2D eigenvalue weighted by Crippen LogP contribution is 2.21. The lowest BCUT2D eigenvalue weighted by molar-refractivity contribution is 0.0650. The molecular weight excluding hydrogens is 410 g/mol. The molecule has 2 aliphatic rings. The first-order chi connectivity index (χ1) is 15.0. The molecule has 2 saturated heterocycles. The van der Waals surface area contributed by atoms with Gasteiger partial charge in [-0.15, -0.1) is 0 Å². The van der Waals surface area contributed by atoms with Gasteiger partial charge in [0.05, 0.1) is 4.90 Å². The van der Waals surface area contributed by atoms with Crippen LogP contribution in [0.1, 0.15) is 28.8 Å². The summed E-state index contributed by atoms with van der Waals surface area (Å²) >= 11 is 0. The standard InChI is InChI=1S/C24H29N3O3S/c28-24(22-10-12-23(13-11-22)31(29,30)27-15-4-5-16-27)26-19-17-25(18-20-26)14-6-9-21-7-2-1-3-8-21/h1-3,6-13H,4-5,14-20H2. The van der Waals surface area contributed by atoms with Crippen molar-refractivity contribution in [2.24, 2.45) is 0 Å². The monoisotopic (exact) mass is 439 g/mol. The predicted molar refractivity (Wildman–Crippen MR) is 122 cm³/mol. The first kappa shape index (κ1) is 21.7. The Morgan fingerprint density at radius 2 is 1.48 bits per heavy atom.